The molecule has 0 heterocycles. The molecule has 1 saturated carbocycles. The van der Waals surface area contributed by atoms with Gasteiger partial charge in [-0.25, -0.2) is 0 Å². The highest BCUT2D eigenvalue weighted by Gasteiger charge is 2.41. The Morgan fingerprint density at radius 3 is 2.43 bits per heavy atom. The molecule has 4 N–H and O–H groups in total. The maximum Gasteiger partial charge on any atom is 0.251 e. The van der Waals surface area contributed by atoms with Gasteiger partial charge in [0.05, 0.1) is 12.1 Å². The SMILES string of the molecule is CC(CN)(NC(=O)CNC(=O)c1ccccc1)C1CC1.Cl. The molecule has 1 aliphatic carbocycles. The molecule has 0 radical (unpaired) electrons. The van der Waals surface area contributed by atoms with Crippen molar-refractivity contribution in [3.8, 4) is 0 Å². The van der Waals surface area contributed by atoms with Crippen LogP contribution in [-0.4, -0.2) is 30.4 Å². The molecule has 0 saturated heterocycles. The lowest BCUT2D eigenvalue weighted by atomic mass is 9.96. The zero-order chi connectivity index (χ0) is 14.6. The summed E-state index contributed by atoms with van der Waals surface area (Å²) in [6, 6.07) is 8.83. The molecule has 0 aliphatic heterocycles. The van der Waals surface area contributed by atoms with Gasteiger partial charge in [-0.2, -0.15) is 0 Å². The van der Waals surface area contributed by atoms with Crippen LogP contribution in [-0.2, 0) is 4.79 Å². The number of amides is 2. The van der Waals surface area contributed by atoms with Gasteiger partial charge in [0.15, 0.2) is 0 Å². The van der Waals surface area contributed by atoms with E-state index in [-0.39, 0.29) is 36.3 Å². The Balaban J connectivity index is 0.00000220. The Morgan fingerprint density at radius 2 is 1.90 bits per heavy atom. The van der Waals surface area contributed by atoms with Gasteiger partial charge in [0.1, 0.15) is 0 Å². The Bertz CT molecular complexity index is 491. The summed E-state index contributed by atoms with van der Waals surface area (Å²) in [4.78, 5) is 23.7. The van der Waals surface area contributed by atoms with E-state index in [2.05, 4.69) is 10.6 Å². The molecule has 0 bridgehead atoms. The van der Waals surface area contributed by atoms with Crippen molar-refractivity contribution in [1.82, 2.24) is 10.6 Å². The number of carbonyl (C=O) groups excluding carboxylic acids is 2. The molecule has 5 nitrogen and oxygen atoms in total. The lowest BCUT2D eigenvalue weighted by Gasteiger charge is -2.29. The third kappa shape index (κ3) is 4.72. The fourth-order valence-electron chi connectivity index (χ4n) is 2.26. The molecular formula is C15H22ClN3O2. The van der Waals surface area contributed by atoms with Crippen LogP contribution in [0.3, 0.4) is 0 Å². The van der Waals surface area contributed by atoms with Crippen molar-refractivity contribution in [2.45, 2.75) is 25.3 Å². The first-order valence-corrected chi connectivity index (χ1v) is 6.89. The number of halogens is 1. The van der Waals surface area contributed by atoms with Crippen LogP contribution in [0.5, 0.6) is 0 Å². The minimum absolute atomic E-state index is 0. The van der Waals surface area contributed by atoms with E-state index in [1.54, 1.807) is 24.3 Å². The minimum atomic E-state index is -0.353. The number of hydrogen-bond donors (Lipinski definition) is 3. The predicted octanol–water partition coefficient (Wildman–Crippen LogP) is 1.08. The molecule has 116 valence electrons. The lowest BCUT2D eigenvalue weighted by Crippen LogP contribution is -2.55. The van der Waals surface area contributed by atoms with Crippen LogP contribution in [0, 0.1) is 5.92 Å². The molecule has 0 spiro atoms. The highest BCUT2D eigenvalue weighted by molar-refractivity contribution is 5.96. The third-order valence-corrected chi connectivity index (χ3v) is 3.77. The van der Waals surface area contributed by atoms with Gasteiger partial charge >= 0.3 is 0 Å². The number of hydrogen-bond acceptors (Lipinski definition) is 3. The summed E-state index contributed by atoms with van der Waals surface area (Å²) in [5.74, 6) is 0.0111. The first-order chi connectivity index (χ1) is 9.55. The van der Waals surface area contributed by atoms with Crippen LogP contribution in [0.15, 0.2) is 30.3 Å². The molecule has 6 heteroatoms. The van der Waals surface area contributed by atoms with Crippen molar-refractivity contribution < 1.29 is 9.59 Å². The molecule has 0 aromatic heterocycles. The van der Waals surface area contributed by atoms with Crippen LogP contribution in [0.1, 0.15) is 30.1 Å². The molecule has 1 aliphatic rings. The first-order valence-electron chi connectivity index (χ1n) is 6.89. The molecule has 1 atom stereocenters. The van der Waals surface area contributed by atoms with Gasteiger partial charge < -0.3 is 16.4 Å². The summed E-state index contributed by atoms with van der Waals surface area (Å²) in [5.41, 5.74) is 5.93. The second-order valence-electron chi connectivity index (χ2n) is 5.49. The summed E-state index contributed by atoms with van der Waals surface area (Å²) in [6.45, 7) is 2.34. The van der Waals surface area contributed by atoms with Crippen LogP contribution >= 0.6 is 12.4 Å². The minimum Gasteiger partial charge on any atom is -0.348 e. The van der Waals surface area contributed by atoms with E-state index in [9.17, 15) is 9.59 Å². The summed E-state index contributed by atoms with van der Waals surface area (Å²) < 4.78 is 0. The topological polar surface area (TPSA) is 84.2 Å². The van der Waals surface area contributed by atoms with E-state index in [1.165, 1.54) is 0 Å². The van der Waals surface area contributed by atoms with Crippen LogP contribution < -0.4 is 16.4 Å². The quantitative estimate of drug-likeness (QED) is 0.735. The van der Waals surface area contributed by atoms with E-state index >= 15 is 0 Å². The van der Waals surface area contributed by atoms with Gasteiger partial charge in [0.2, 0.25) is 5.91 Å². The van der Waals surface area contributed by atoms with Gasteiger partial charge in [-0.3, -0.25) is 9.59 Å². The summed E-state index contributed by atoms with van der Waals surface area (Å²) >= 11 is 0. The molecule has 21 heavy (non-hydrogen) atoms. The second kappa shape index (κ2) is 7.43. The van der Waals surface area contributed by atoms with Crippen molar-refractivity contribution in [3.05, 3.63) is 35.9 Å². The van der Waals surface area contributed by atoms with Crippen LogP contribution in [0.4, 0.5) is 0 Å². The summed E-state index contributed by atoms with van der Waals surface area (Å²) in [7, 11) is 0. The number of nitrogens with one attached hydrogen (secondary N) is 2. The van der Waals surface area contributed by atoms with Gasteiger partial charge in [0.25, 0.3) is 5.91 Å². The van der Waals surface area contributed by atoms with E-state index in [4.69, 9.17) is 5.73 Å². The van der Waals surface area contributed by atoms with Crippen molar-refractivity contribution in [1.29, 1.82) is 0 Å². The molecular weight excluding hydrogens is 290 g/mol. The molecule has 1 unspecified atom stereocenters. The molecule has 2 amide bonds. The van der Waals surface area contributed by atoms with E-state index < -0.39 is 0 Å². The maximum absolute atomic E-state index is 11.9. The highest BCUT2D eigenvalue weighted by Crippen LogP contribution is 2.38. The first kappa shape index (κ1) is 17.5. The van der Waals surface area contributed by atoms with Gasteiger partial charge in [-0.05, 0) is 37.8 Å². The smallest absolute Gasteiger partial charge is 0.251 e. The number of nitrogens with two attached hydrogens (primary N) is 1. The Morgan fingerprint density at radius 1 is 1.29 bits per heavy atom. The van der Waals surface area contributed by atoms with Crippen LogP contribution in [0.25, 0.3) is 0 Å². The van der Waals surface area contributed by atoms with E-state index in [1.807, 2.05) is 13.0 Å². The van der Waals surface area contributed by atoms with E-state index in [0.717, 1.165) is 12.8 Å². The Kier molecular flexibility index (Phi) is 6.18. The number of benzene rings is 1. The van der Waals surface area contributed by atoms with Crippen molar-refractivity contribution in [2.75, 3.05) is 13.1 Å². The fourth-order valence-corrected chi connectivity index (χ4v) is 2.26. The maximum atomic E-state index is 11.9. The zero-order valence-corrected chi connectivity index (χ0v) is 12.9. The second-order valence-corrected chi connectivity index (χ2v) is 5.49. The lowest BCUT2D eigenvalue weighted by molar-refractivity contribution is -0.122. The van der Waals surface area contributed by atoms with Crippen molar-refractivity contribution in [2.24, 2.45) is 11.7 Å². The summed E-state index contributed by atoms with van der Waals surface area (Å²) in [5, 5.41) is 5.55. The average Bonchev–Trinajstić information content (AvgIpc) is 3.30. The van der Waals surface area contributed by atoms with Gasteiger partial charge in [-0.15, -0.1) is 12.4 Å². The van der Waals surface area contributed by atoms with E-state index in [0.29, 0.717) is 18.0 Å². The zero-order valence-electron chi connectivity index (χ0n) is 12.1. The fraction of sp³-hybridized carbons (Fsp3) is 0.467. The van der Waals surface area contributed by atoms with Gasteiger partial charge in [0, 0.05) is 12.1 Å². The molecule has 1 fully saturated rings. The van der Waals surface area contributed by atoms with Crippen LogP contribution in [0.2, 0.25) is 0 Å². The number of carbonyl (C=O) groups is 2. The largest absolute Gasteiger partial charge is 0.348 e. The monoisotopic (exact) mass is 311 g/mol. The van der Waals surface area contributed by atoms with Crippen molar-refractivity contribution >= 4 is 24.2 Å². The standard InChI is InChI=1S/C15H21N3O2.ClH/c1-15(10-16,12-7-8-12)18-13(19)9-17-14(20)11-5-3-2-4-6-11;/h2-6,12H,7-10,16H2,1H3,(H,17,20)(H,18,19);1H. The van der Waals surface area contributed by atoms with Gasteiger partial charge in [-0.1, -0.05) is 18.2 Å². The highest BCUT2D eigenvalue weighted by atomic mass is 35.5. The third-order valence-electron chi connectivity index (χ3n) is 3.77. The molecule has 1 aromatic rings. The predicted molar refractivity (Wildman–Crippen MR) is 84.3 cm³/mol. The number of rotatable bonds is 6. The Labute approximate surface area is 131 Å². The normalized spacial score (nSPS) is 16.3. The summed E-state index contributed by atoms with van der Waals surface area (Å²) in [6.07, 6.45) is 2.20. The Hall–Kier alpha value is -1.59. The molecule has 1 aromatic carbocycles. The van der Waals surface area contributed by atoms with Crippen molar-refractivity contribution in [3.63, 3.8) is 0 Å². The molecule has 2 rings (SSSR count). The average molecular weight is 312 g/mol.